The van der Waals surface area contributed by atoms with Crippen LogP contribution in [0.25, 0.3) is 5.70 Å². The zero-order valence-electron chi connectivity index (χ0n) is 17.1. The number of anilines is 1. The molecule has 0 saturated heterocycles. The maximum absolute atomic E-state index is 13.5. The molecule has 0 unspecified atom stereocenters. The highest BCUT2D eigenvalue weighted by Crippen LogP contribution is 2.41. The Morgan fingerprint density at radius 1 is 1.10 bits per heavy atom. The summed E-state index contributed by atoms with van der Waals surface area (Å²) in [6, 6.07) is 7.93. The van der Waals surface area contributed by atoms with Crippen molar-refractivity contribution < 1.29 is 17.9 Å². The zero-order valence-corrected chi connectivity index (χ0v) is 17.9. The van der Waals surface area contributed by atoms with Gasteiger partial charge in [0.05, 0.1) is 23.7 Å². The van der Waals surface area contributed by atoms with Gasteiger partial charge >= 0.3 is 6.18 Å². The van der Waals surface area contributed by atoms with Crippen LogP contribution < -0.4 is 9.64 Å². The predicted octanol–water partition coefficient (Wildman–Crippen LogP) is 7.35. The summed E-state index contributed by atoms with van der Waals surface area (Å²) < 4.78 is 46.1. The van der Waals surface area contributed by atoms with Crippen molar-refractivity contribution in [2.75, 3.05) is 17.4 Å². The third-order valence-electron chi connectivity index (χ3n) is 4.98. The van der Waals surface area contributed by atoms with Gasteiger partial charge in [-0.05, 0) is 36.1 Å². The van der Waals surface area contributed by atoms with Crippen molar-refractivity contribution in [3.63, 3.8) is 0 Å². The van der Waals surface area contributed by atoms with Crippen LogP contribution in [0.5, 0.6) is 5.75 Å². The molecule has 3 rings (SSSR count). The van der Waals surface area contributed by atoms with Crippen LogP contribution in [0.1, 0.15) is 56.6 Å². The Kier molecular flexibility index (Phi) is 8.08. The number of ether oxygens (including phenoxy) is 1. The number of benzene rings is 1. The van der Waals surface area contributed by atoms with Crippen molar-refractivity contribution in [3.05, 3.63) is 59.3 Å². The van der Waals surface area contributed by atoms with Crippen LogP contribution in [0.2, 0.25) is 0 Å². The molecule has 1 aromatic heterocycles. The molecule has 0 saturated carbocycles. The Bertz CT molecular complexity index is 840. The van der Waals surface area contributed by atoms with E-state index in [1.54, 1.807) is 24.2 Å². The van der Waals surface area contributed by atoms with Gasteiger partial charge in [-0.2, -0.15) is 13.2 Å². The maximum Gasteiger partial charge on any atom is 0.419 e. The van der Waals surface area contributed by atoms with Crippen LogP contribution in [-0.4, -0.2) is 17.5 Å². The summed E-state index contributed by atoms with van der Waals surface area (Å²) in [4.78, 5) is 6.13. The monoisotopic (exact) mass is 436 g/mol. The van der Waals surface area contributed by atoms with Gasteiger partial charge in [0.15, 0.2) is 0 Å². The third-order valence-corrected chi connectivity index (χ3v) is 5.78. The minimum absolute atomic E-state index is 0.101. The molecule has 2 aromatic rings. The molecule has 1 aromatic carbocycles. The Balaban J connectivity index is 1.73. The van der Waals surface area contributed by atoms with Gasteiger partial charge in [-0.25, -0.2) is 0 Å². The molecule has 7 heteroatoms. The average molecular weight is 437 g/mol. The maximum atomic E-state index is 13.5. The third kappa shape index (κ3) is 5.94. The van der Waals surface area contributed by atoms with E-state index in [-0.39, 0.29) is 5.75 Å². The highest BCUT2D eigenvalue weighted by molar-refractivity contribution is 8.02. The Labute approximate surface area is 180 Å². The largest absolute Gasteiger partial charge is 0.493 e. The van der Waals surface area contributed by atoms with Gasteiger partial charge in [-0.1, -0.05) is 39.0 Å². The van der Waals surface area contributed by atoms with E-state index in [1.807, 2.05) is 22.4 Å². The number of rotatable bonds is 10. The molecule has 0 N–H and O–H groups in total. The van der Waals surface area contributed by atoms with Gasteiger partial charge < -0.3 is 9.64 Å². The lowest BCUT2D eigenvalue weighted by atomic mass is 10.1. The number of alkyl halides is 3. The number of hydrogen-bond acceptors (Lipinski definition) is 4. The summed E-state index contributed by atoms with van der Waals surface area (Å²) in [5.41, 5.74) is 1.81. The van der Waals surface area contributed by atoms with E-state index in [0.717, 1.165) is 43.0 Å². The Morgan fingerprint density at radius 3 is 2.63 bits per heavy atom. The van der Waals surface area contributed by atoms with Crippen molar-refractivity contribution in [3.8, 4) is 5.75 Å². The molecule has 0 spiro atoms. The van der Waals surface area contributed by atoms with E-state index >= 15 is 0 Å². The first-order chi connectivity index (χ1) is 14.5. The molecule has 3 nitrogen and oxygen atoms in total. The van der Waals surface area contributed by atoms with Crippen LogP contribution >= 0.6 is 11.8 Å². The zero-order chi connectivity index (χ0) is 21.4. The van der Waals surface area contributed by atoms with Crippen LogP contribution in [0.3, 0.4) is 0 Å². The number of nitrogens with zero attached hydrogens (tertiary/aromatic N) is 2. The van der Waals surface area contributed by atoms with Gasteiger partial charge in [0, 0.05) is 29.7 Å². The number of halogens is 3. The van der Waals surface area contributed by atoms with E-state index < -0.39 is 11.7 Å². The SMILES string of the molecule is CCCCCCCCOc1cc(N2CSC=C2c2cccnc2)ccc1C(F)(F)F. The lowest BCUT2D eigenvalue weighted by Crippen LogP contribution is -2.18. The molecule has 30 heavy (non-hydrogen) atoms. The van der Waals surface area contributed by atoms with Crippen LogP contribution in [0, 0.1) is 0 Å². The molecule has 0 amide bonds. The van der Waals surface area contributed by atoms with Gasteiger partial charge in [0.25, 0.3) is 0 Å². The minimum Gasteiger partial charge on any atom is -0.493 e. The lowest BCUT2D eigenvalue weighted by molar-refractivity contribution is -0.138. The molecule has 0 aliphatic carbocycles. The summed E-state index contributed by atoms with van der Waals surface area (Å²) >= 11 is 1.60. The highest BCUT2D eigenvalue weighted by Gasteiger charge is 2.35. The van der Waals surface area contributed by atoms with Gasteiger partial charge in [-0.15, -0.1) is 11.8 Å². The Hall–Kier alpha value is -2.15. The van der Waals surface area contributed by atoms with Gasteiger partial charge in [0.2, 0.25) is 0 Å². The van der Waals surface area contributed by atoms with E-state index in [9.17, 15) is 13.2 Å². The molecule has 1 aliphatic rings. The number of hydrogen-bond donors (Lipinski definition) is 0. The molecular weight excluding hydrogens is 409 g/mol. The Morgan fingerprint density at radius 2 is 1.90 bits per heavy atom. The fraction of sp³-hybridized carbons (Fsp3) is 0.435. The summed E-state index contributed by atoms with van der Waals surface area (Å²) in [6.07, 6.45) is 5.35. The first-order valence-electron chi connectivity index (χ1n) is 10.3. The highest BCUT2D eigenvalue weighted by atomic mass is 32.2. The van der Waals surface area contributed by atoms with Crippen molar-refractivity contribution >= 4 is 23.1 Å². The van der Waals surface area contributed by atoms with E-state index in [2.05, 4.69) is 11.9 Å². The predicted molar refractivity (Wildman–Crippen MR) is 117 cm³/mol. The minimum atomic E-state index is -4.45. The van der Waals surface area contributed by atoms with Crippen LogP contribution in [-0.2, 0) is 6.18 Å². The molecule has 1 aliphatic heterocycles. The van der Waals surface area contributed by atoms with Gasteiger partial charge in [-0.3, -0.25) is 4.98 Å². The van der Waals surface area contributed by atoms with Crippen molar-refractivity contribution in [1.29, 1.82) is 0 Å². The standard InChI is InChI=1S/C23H27F3N2OS/c1-2-3-4-5-6-7-13-29-22-14-19(10-11-20(22)23(24,25)26)28-17-30-16-21(28)18-9-8-12-27-15-18/h8-12,14-16H,2-7,13,17H2,1H3. The van der Waals surface area contributed by atoms with Crippen molar-refractivity contribution in [1.82, 2.24) is 4.98 Å². The number of aromatic nitrogens is 1. The normalized spacial score (nSPS) is 14.1. The van der Waals surface area contributed by atoms with E-state index in [4.69, 9.17) is 4.74 Å². The second-order valence-corrected chi connectivity index (χ2v) is 8.09. The smallest absolute Gasteiger partial charge is 0.419 e. The molecule has 0 fully saturated rings. The fourth-order valence-electron chi connectivity index (χ4n) is 3.37. The van der Waals surface area contributed by atoms with Crippen molar-refractivity contribution in [2.45, 2.75) is 51.6 Å². The lowest BCUT2D eigenvalue weighted by Gasteiger charge is -2.24. The quantitative estimate of drug-likeness (QED) is 0.364. The second-order valence-electron chi connectivity index (χ2n) is 7.26. The first kappa shape index (κ1) is 22.5. The number of pyridine rings is 1. The molecule has 2 heterocycles. The topological polar surface area (TPSA) is 25.4 Å². The molecule has 0 atom stereocenters. The summed E-state index contributed by atoms with van der Waals surface area (Å²) in [7, 11) is 0. The average Bonchev–Trinajstić information content (AvgIpc) is 3.23. The van der Waals surface area contributed by atoms with Gasteiger partial charge in [0.1, 0.15) is 5.75 Å². The summed E-state index contributed by atoms with van der Waals surface area (Å²) in [6.45, 7) is 2.45. The van der Waals surface area contributed by atoms with E-state index in [0.29, 0.717) is 18.2 Å². The summed E-state index contributed by atoms with van der Waals surface area (Å²) in [5, 5.41) is 2.01. The number of thioether (sulfide) groups is 1. The van der Waals surface area contributed by atoms with Crippen LogP contribution in [0.15, 0.2) is 48.1 Å². The number of unbranched alkanes of at least 4 members (excludes halogenated alkanes) is 5. The fourth-order valence-corrected chi connectivity index (χ4v) is 4.31. The molecule has 162 valence electrons. The second kappa shape index (κ2) is 10.8. The van der Waals surface area contributed by atoms with Crippen molar-refractivity contribution in [2.24, 2.45) is 0 Å². The summed E-state index contributed by atoms with van der Waals surface area (Å²) in [5.74, 6) is 0.530. The molecule has 0 radical (unpaired) electrons. The van der Waals surface area contributed by atoms with Crippen LogP contribution in [0.4, 0.5) is 18.9 Å². The first-order valence-corrected chi connectivity index (χ1v) is 11.4. The molecular formula is C23H27F3N2OS. The molecule has 0 bridgehead atoms. The van der Waals surface area contributed by atoms with E-state index in [1.165, 1.54) is 25.0 Å².